The largest absolute Gasteiger partial charge is 0.356 e. The Kier molecular flexibility index (Phi) is 8.74. The third-order valence-electron chi connectivity index (χ3n) is 8.32. The lowest BCUT2D eigenvalue weighted by atomic mass is 10.0. The summed E-state index contributed by atoms with van der Waals surface area (Å²) in [5, 5.41) is 8.57. The third kappa shape index (κ3) is 7.08. The molecule has 47 heavy (non-hydrogen) atoms. The predicted molar refractivity (Wildman–Crippen MR) is 202 cm³/mol. The zero-order chi connectivity index (χ0) is 31.8. The molecule has 8 aromatic rings. The maximum absolute atomic E-state index is 3.45. The molecule has 0 fully saturated rings. The molecule has 0 radical (unpaired) electrons. The molecule has 0 saturated heterocycles. The van der Waals surface area contributed by atoms with Gasteiger partial charge in [0.25, 0.3) is 0 Å². The van der Waals surface area contributed by atoms with E-state index < -0.39 is 0 Å². The number of para-hydroxylation sites is 2. The van der Waals surface area contributed by atoms with Gasteiger partial charge in [0, 0.05) is 28.4 Å². The number of nitrogens with one attached hydrogen (secondary N) is 1. The van der Waals surface area contributed by atoms with Gasteiger partial charge < -0.3 is 10.2 Å². The number of hydrogen-bond donors (Lipinski definition) is 1. The first-order valence-electron chi connectivity index (χ1n) is 16.0. The van der Waals surface area contributed by atoms with Gasteiger partial charge in [-0.15, -0.1) is 0 Å². The summed E-state index contributed by atoms with van der Waals surface area (Å²) >= 11 is 0. The Morgan fingerprint density at radius 3 is 1.43 bits per heavy atom. The fraction of sp³-hybridized carbons (Fsp3) is 0.0222. The summed E-state index contributed by atoms with van der Waals surface area (Å²) in [7, 11) is 0. The Hall–Kier alpha value is -6.12. The SMILES string of the molecule is Cc1ccc2ccccc2c1.c1ccc(Nc2ccc(-c3ccc(N(c4ccccc4)c4ccc5ccccc5c4)cc3)cc2)cc1. The molecule has 0 aliphatic rings. The van der Waals surface area contributed by atoms with Crippen molar-refractivity contribution in [3.8, 4) is 11.1 Å². The van der Waals surface area contributed by atoms with Crippen LogP contribution in [0.1, 0.15) is 5.56 Å². The Morgan fingerprint density at radius 1 is 0.340 bits per heavy atom. The van der Waals surface area contributed by atoms with E-state index in [2.05, 4.69) is 193 Å². The van der Waals surface area contributed by atoms with Crippen molar-refractivity contribution in [2.45, 2.75) is 6.92 Å². The predicted octanol–water partition coefficient (Wildman–Crippen LogP) is 12.9. The Morgan fingerprint density at radius 2 is 0.787 bits per heavy atom. The first-order valence-corrected chi connectivity index (χ1v) is 16.0. The number of fused-ring (bicyclic) bond motifs is 2. The Balaban J connectivity index is 0.000000269. The lowest BCUT2D eigenvalue weighted by Gasteiger charge is -2.26. The zero-order valence-corrected chi connectivity index (χ0v) is 26.4. The molecule has 0 saturated carbocycles. The van der Waals surface area contributed by atoms with Crippen molar-refractivity contribution in [3.63, 3.8) is 0 Å². The van der Waals surface area contributed by atoms with Crippen LogP contribution in [0.25, 0.3) is 32.7 Å². The van der Waals surface area contributed by atoms with Crippen molar-refractivity contribution in [3.05, 3.63) is 200 Å². The molecule has 8 rings (SSSR count). The van der Waals surface area contributed by atoms with E-state index in [1.165, 1.54) is 38.2 Å². The van der Waals surface area contributed by atoms with Crippen LogP contribution in [0, 0.1) is 6.92 Å². The highest BCUT2D eigenvalue weighted by atomic mass is 15.1. The third-order valence-corrected chi connectivity index (χ3v) is 8.32. The zero-order valence-electron chi connectivity index (χ0n) is 26.4. The molecule has 1 N–H and O–H groups in total. The van der Waals surface area contributed by atoms with Crippen LogP contribution < -0.4 is 10.2 Å². The minimum atomic E-state index is 1.08. The molecule has 2 nitrogen and oxygen atoms in total. The van der Waals surface area contributed by atoms with Gasteiger partial charge in [-0.25, -0.2) is 0 Å². The molecule has 226 valence electrons. The highest BCUT2D eigenvalue weighted by Crippen LogP contribution is 2.37. The summed E-state index contributed by atoms with van der Waals surface area (Å²) in [5.74, 6) is 0. The van der Waals surface area contributed by atoms with Crippen molar-refractivity contribution in [1.82, 2.24) is 0 Å². The molecule has 0 atom stereocenters. The number of nitrogens with zero attached hydrogens (tertiary/aromatic N) is 1. The molecule has 0 amide bonds. The number of anilines is 5. The van der Waals surface area contributed by atoms with E-state index in [-0.39, 0.29) is 0 Å². The fourth-order valence-electron chi connectivity index (χ4n) is 5.89. The molecule has 0 unspecified atom stereocenters. The number of hydrogen-bond acceptors (Lipinski definition) is 2. The molecule has 8 aromatic carbocycles. The van der Waals surface area contributed by atoms with Crippen LogP contribution in [-0.4, -0.2) is 0 Å². The van der Waals surface area contributed by atoms with E-state index in [4.69, 9.17) is 0 Å². The molecule has 2 heteroatoms. The molecule has 0 aliphatic carbocycles. The van der Waals surface area contributed by atoms with Gasteiger partial charge in [-0.1, -0.05) is 139 Å². The number of rotatable bonds is 6. The maximum Gasteiger partial charge on any atom is 0.0468 e. The van der Waals surface area contributed by atoms with E-state index >= 15 is 0 Å². The molecule has 0 spiro atoms. The van der Waals surface area contributed by atoms with Gasteiger partial charge in [0.15, 0.2) is 0 Å². The summed E-state index contributed by atoms with van der Waals surface area (Å²) in [4.78, 5) is 2.31. The summed E-state index contributed by atoms with van der Waals surface area (Å²) in [6, 6.07) is 68.2. The Bertz CT molecular complexity index is 2200. The van der Waals surface area contributed by atoms with Gasteiger partial charge in [-0.3, -0.25) is 0 Å². The Labute approximate surface area is 277 Å². The monoisotopic (exact) mass is 604 g/mol. The van der Waals surface area contributed by atoms with Crippen molar-refractivity contribution < 1.29 is 0 Å². The van der Waals surface area contributed by atoms with Crippen molar-refractivity contribution >= 4 is 50.0 Å². The van der Waals surface area contributed by atoms with Gasteiger partial charge in [-0.05, 0) is 100 Å². The second-order valence-corrected chi connectivity index (χ2v) is 11.7. The summed E-state index contributed by atoms with van der Waals surface area (Å²) < 4.78 is 0. The first kappa shape index (κ1) is 29.6. The van der Waals surface area contributed by atoms with Crippen LogP contribution in [0.3, 0.4) is 0 Å². The maximum atomic E-state index is 3.45. The van der Waals surface area contributed by atoms with Gasteiger partial charge in [0.05, 0.1) is 0 Å². The molecular weight excluding hydrogens is 569 g/mol. The van der Waals surface area contributed by atoms with Gasteiger partial charge in [0.2, 0.25) is 0 Å². The van der Waals surface area contributed by atoms with E-state index in [0.29, 0.717) is 0 Å². The lowest BCUT2D eigenvalue weighted by Crippen LogP contribution is -2.09. The lowest BCUT2D eigenvalue weighted by molar-refractivity contribution is 1.29. The summed E-state index contributed by atoms with van der Waals surface area (Å²) in [5.41, 5.74) is 9.28. The first-order chi connectivity index (χ1) is 23.2. The molecule has 0 bridgehead atoms. The highest BCUT2D eigenvalue weighted by Gasteiger charge is 2.13. The van der Waals surface area contributed by atoms with Gasteiger partial charge in [0.1, 0.15) is 0 Å². The average Bonchev–Trinajstić information content (AvgIpc) is 3.13. The van der Waals surface area contributed by atoms with E-state index in [9.17, 15) is 0 Å². The topological polar surface area (TPSA) is 15.3 Å². The van der Waals surface area contributed by atoms with Crippen molar-refractivity contribution in [2.24, 2.45) is 0 Å². The number of aryl methyl sites for hydroxylation is 1. The normalized spacial score (nSPS) is 10.7. The standard InChI is InChI=1S/C34H26N2.C11H10/c1-3-11-30(12-4-1)35-31-20-15-27(16-21-31)28-17-22-33(23-18-28)36(32-13-5-2-6-14-32)34-24-19-26-9-7-8-10-29(26)25-34;1-9-6-7-10-4-2-3-5-11(10)8-9/h1-25,35H;2-8H,1H3. The number of benzene rings is 8. The van der Waals surface area contributed by atoms with Crippen molar-refractivity contribution in [2.75, 3.05) is 10.2 Å². The summed E-state index contributed by atoms with van der Waals surface area (Å²) in [6.07, 6.45) is 0. The van der Waals surface area contributed by atoms with Crippen LogP contribution in [0.2, 0.25) is 0 Å². The molecule has 0 aliphatic heterocycles. The van der Waals surface area contributed by atoms with Crippen LogP contribution in [0.5, 0.6) is 0 Å². The minimum absolute atomic E-state index is 1.08. The smallest absolute Gasteiger partial charge is 0.0468 e. The van der Waals surface area contributed by atoms with Crippen molar-refractivity contribution in [1.29, 1.82) is 0 Å². The highest BCUT2D eigenvalue weighted by molar-refractivity contribution is 5.89. The van der Waals surface area contributed by atoms with E-state index in [0.717, 1.165) is 28.4 Å². The second-order valence-electron chi connectivity index (χ2n) is 11.7. The van der Waals surface area contributed by atoms with E-state index in [1.807, 2.05) is 18.2 Å². The van der Waals surface area contributed by atoms with Crippen LogP contribution in [0.4, 0.5) is 28.4 Å². The van der Waals surface area contributed by atoms with Crippen LogP contribution in [-0.2, 0) is 0 Å². The quantitative estimate of drug-likeness (QED) is 0.203. The molecular formula is C45H36N2. The van der Waals surface area contributed by atoms with Gasteiger partial charge in [-0.2, -0.15) is 0 Å². The molecule has 0 aromatic heterocycles. The van der Waals surface area contributed by atoms with Gasteiger partial charge >= 0.3 is 0 Å². The average molecular weight is 605 g/mol. The second kappa shape index (κ2) is 13.9. The fourth-order valence-corrected chi connectivity index (χ4v) is 5.89. The molecule has 0 heterocycles. The van der Waals surface area contributed by atoms with E-state index in [1.54, 1.807) is 0 Å². The van der Waals surface area contributed by atoms with Crippen LogP contribution >= 0.6 is 0 Å². The summed E-state index contributed by atoms with van der Waals surface area (Å²) in [6.45, 7) is 2.12. The minimum Gasteiger partial charge on any atom is -0.356 e. The van der Waals surface area contributed by atoms with Crippen LogP contribution in [0.15, 0.2) is 194 Å².